The maximum absolute atomic E-state index is 12.4. The van der Waals surface area contributed by atoms with Crippen LogP contribution in [0.5, 0.6) is 0 Å². The molecule has 0 spiro atoms. The van der Waals surface area contributed by atoms with Crippen LogP contribution in [0.4, 0.5) is 4.79 Å². The number of hydrogen-bond acceptors (Lipinski definition) is 4. The number of carboxylic acids is 1. The second-order valence-corrected chi connectivity index (χ2v) is 8.14. The molecule has 7 heteroatoms. The number of carbonyl (C=O) groups is 3. The Kier molecular flexibility index (Phi) is 6.21. The number of ether oxygens (including phenoxy) is 1. The van der Waals surface area contributed by atoms with E-state index in [1.165, 1.54) is 12.8 Å². The molecule has 0 bridgehead atoms. The first-order valence-electron chi connectivity index (χ1n) is 10.6. The maximum Gasteiger partial charge on any atom is 0.407 e. The molecule has 1 saturated carbocycles. The number of nitrogens with one attached hydrogen (secondary N) is 2. The summed E-state index contributed by atoms with van der Waals surface area (Å²) in [5.41, 5.74) is 4.39. The van der Waals surface area contributed by atoms with E-state index in [-0.39, 0.29) is 12.5 Å². The molecule has 162 valence electrons. The highest BCUT2D eigenvalue weighted by Gasteiger charge is 2.30. The number of carbonyl (C=O) groups excluding carboxylic acids is 2. The van der Waals surface area contributed by atoms with E-state index in [9.17, 15) is 14.4 Å². The normalized spacial score (nSPS) is 15.5. The van der Waals surface area contributed by atoms with Crippen molar-refractivity contribution in [3.05, 3.63) is 59.7 Å². The zero-order valence-corrected chi connectivity index (χ0v) is 17.2. The molecule has 4 rings (SSSR count). The Bertz CT molecular complexity index is 940. The van der Waals surface area contributed by atoms with Gasteiger partial charge >= 0.3 is 12.1 Å². The molecule has 2 aliphatic rings. The van der Waals surface area contributed by atoms with Gasteiger partial charge < -0.3 is 20.5 Å². The minimum absolute atomic E-state index is 0.100. The van der Waals surface area contributed by atoms with Gasteiger partial charge in [-0.25, -0.2) is 4.79 Å². The van der Waals surface area contributed by atoms with Gasteiger partial charge in [-0.2, -0.15) is 0 Å². The number of amides is 2. The van der Waals surface area contributed by atoms with E-state index in [1.807, 2.05) is 48.5 Å². The lowest BCUT2D eigenvalue weighted by Gasteiger charge is -2.18. The summed E-state index contributed by atoms with van der Waals surface area (Å²) in [7, 11) is 0. The first-order chi connectivity index (χ1) is 15.0. The summed E-state index contributed by atoms with van der Waals surface area (Å²) in [6, 6.07) is 14.8. The number of benzene rings is 2. The number of hydrogen-bond donors (Lipinski definition) is 3. The molecule has 1 atom stereocenters. The Morgan fingerprint density at radius 3 is 2.19 bits per heavy atom. The van der Waals surface area contributed by atoms with Crippen molar-refractivity contribution in [2.75, 3.05) is 13.2 Å². The fraction of sp³-hybridized carbons (Fsp3) is 0.375. The standard InChI is InChI=1S/C24H26N2O5/c27-22(28)13-21(23(29)25-12-11-15-9-10-15)26-24(30)31-14-20-18-7-3-1-5-16(18)17-6-2-4-8-19(17)20/h1-8,15,20-21H,9-14H2,(H,25,29)(H,26,30)(H,27,28). The van der Waals surface area contributed by atoms with Gasteiger partial charge in [0.1, 0.15) is 12.6 Å². The van der Waals surface area contributed by atoms with Crippen molar-refractivity contribution in [3.63, 3.8) is 0 Å². The zero-order valence-electron chi connectivity index (χ0n) is 17.2. The topological polar surface area (TPSA) is 105 Å². The molecule has 0 aliphatic heterocycles. The smallest absolute Gasteiger partial charge is 0.407 e. The fourth-order valence-electron chi connectivity index (χ4n) is 4.10. The minimum atomic E-state index is -1.17. The molecule has 31 heavy (non-hydrogen) atoms. The van der Waals surface area contributed by atoms with Crippen molar-refractivity contribution in [3.8, 4) is 11.1 Å². The monoisotopic (exact) mass is 422 g/mol. The SMILES string of the molecule is O=C(O)CC(NC(=O)OCC1c2ccccc2-c2ccccc21)C(=O)NCCC1CC1. The molecule has 0 saturated heterocycles. The van der Waals surface area contributed by atoms with E-state index in [4.69, 9.17) is 9.84 Å². The van der Waals surface area contributed by atoms with Crippen molar-refractivity contribution >= 4 is 18.0 Å². The average molecular weight is 422 g/mol. The molecule has 0 radical (unpaired) electrons. The van der Waals surface area contributed by atoms with Crippen LogP contribution in [0.2, 0.25) is 0 Å². The fourth-order valence-corrected chi connectivity index (χ4v) is 4.10. The van der Waals surface area contributed by atoms with Crippen LogP contribution in [-0.2, 0) is 14.3 Å². The predicted molar refractivity (Wildman–Crippen MR) is 115 cm³/mol. The van der Waals surface area contributed by atoms with Crippen molar-refractivity contribution in [1.82, 2.24) is 10.6 Å². The highest BCUT2D eigenvalue weighted by atomic mass is 16.5. The third-order valence-electron chi connectivity index (χ3n) is 5.88. The van der Waals surface area contributed by atoms with Gasteiger partial charge in [0.15, 0.2) is 0 Å². The Hall–Kier alpha value is -3.35. The Morgan fingerprint density at radius 1 is 1.00 bits per heavy atom. The highest BCUT2D eigenvalue weighted by Crippen LogP contribution is 2.44. The second kappa shape index (κ2) is 9.20. The second-order valence-electron chi connectivity index (χ2n) is 8.14. The third-order valence-corrected chi connectivity index (χ3v) is 5.88. The Labute approximate surface area is 180 Å². The molecule has 2 aliphatic carbocycles. The Morgan fingerprint density at radius 2 is 1.61 bits per heavy atom. The lowest BCUT2D eigenvalue weighted by atomic mass is 9.98. The molecule has 0 heterocycles. The van der Waals surface area contributed by atoms with Crippen molar-refractivity contribution in [2.45, 2.75) is 37.6 Å². The number of carboxylic acid groups (broad SMARTS) is 1. The van der Waals surface area contributed by atoms with Crippen LogP contribution < -0.4 is 10.6 Å². The van der Waals surface area contributed by atoms with Crippen LogP contribution in [0.15, 0.2) is 48.5 Å². The first kappa shape index (κ1) is 20.9. The molecule has 7 nitrogen and oxygen atoms in total. The molecule has 1 fully saturated rings. The number of alkyl carbamates (subject to hydrolysis) is 1. The quantitative estimate of drug-likeness (QED) is 0.575. The highest BCUT2D eigenvalue weighted by molar-refractivity contribution is 5.89. The molecular formula is C24H26N2O5. The van der Waals surface area contributed by atoms with Crippen LogP contribution in [0.3, 0.4) is 0 Å². The van der Waals surface area contributed by atoms with Gasteiger partial charge in [-0.3, -0.25) is 9.59 Å². The number of fused-ring (bicyclic) bond motifs is 3. The Balaban J connectivity index is 1.36. The summed E-state index contributed by atoms with van der Waals surface area (Å²) < 4.78 is 5.43. The molecule has 2 amide bonds. The van der Waals surface area contributed by atoms with E-state index < -0.39 is 30.4 Å². The van der Waals surface area contributed by atoms with E-state index in [1.54, 1.807) is 0 Å². The predicted octanol–water partition coefficient (Wildman–Crippen LogP) is 3.28. The molecule has 2 aromatic rings. The van der Waals surface area contributed by atoms with Crippen LogP contribution >= 0.6 is 0 Å². The lowest BCUT2D eigenvalue weighted by molar-refractivity contribution is -0.139. The lowest BCUT2D eigenvalue weighted by Crippen LogP contribution is -2.48. The molecule has 2 aromatic carbocycles. The first-order valence-corrected chi connectivity index (χ1v) is 10.6. The summed E-state index contributed by atoms with van der Waals surface area (Å²) in [5, 5.41) is 14.3. The molecule has 0 aromatic heterocycles. The van der Waals surface area contributed by atoms with Crippen molar-refractivity contribution < 1.29 is 24.2 Å². The van der Waals surface area contributed by atoms with Crippen LogP contribution in [0, 0.1) is 5.92 Å². The summed E-state index contributed by atoms with van der Waals surface area (Å²) in [4.78, 5) is 35.9. The average Bonchev–Trinajstić information content (AvgIpc) is 3.52. The van der Waals surface area contributed by atoms with Gasteiger partial charge in [-0.1, -0.05) is 61.4 Å². The van der Waals surface area contributed by atoms with Crippen LogP contribution in [0.1, 0.15) is 42.7 Å². The summed E-state index contributed by atoms with van der Waals surface area (Å²) in [6.07, 6.45) is 1.92. The zero-order chi connectivity index (χ0) is 21.8. The van der Waals surface area contributed by atoms with Gasteiger partial charge in [-0.05, 0) is 34.6 Å². The minimum Gasteiger partial charge on any atom is -0.481 e. The third kappa shape index (κ3) is 5.05. The number of aliphatic carboxylic acids is 1. The van der Waals surface area contributed by atoms with Crippen LogP contribution in [0.25, 0.3) is 11.1 Å². The number of rotatable bonds is 9. The summed E-state index contributed by atoms with van der Waals surface area (Å²) in [5.74, 6) is -1.13. The van der Waals surface area contributed by atoms with E-state index in [0.29, 0.717) is 12.5 Å². The largest absolute Gasteiger partial charge is 0.481 e. The van der Waals surface area contributed by atoms with E-state index in [2.05, 4.69) is 10.6 Å². The van der Waals surface area contributed by atoms with Gasteiger partial charge in [0.05, 0.1) is 6.42 Å². The van der Waals surface area contributed by atoms with Crippen molar-refractivity contribution in [1.29, 1.82) is 0 Å². The van der Waals surface area contributed by atoms with Gasteiger partial charge in [0, 0.05) is 12.5 Å². The van der Waals surface area contributed by atoms with E-state index in [0.717, 1.165) is 28.7 Å². The van der Waals surface area contributed by atoms with E-state index >= 15 is 0 Å². The van der Waals surface area contributed by atoms with Gasteiger partial charge in [0.2, 0.25) is 5.91 Å². The van der Waals surface area contributed by atoms with Gasteiger partial charge in [-0.15, -0.1) is 0 Å². The van der Waals surface area contributed by atoms with Gasteiger partial charge in [0.25, 0.3) is 0 Å². The molecule has 1 unspecified atom stereocenters. The van der Waals surface area contributed by atoms with Crippen molar-refractivity contribution in [2.24, 2.45) is 5.92 Å². The van der Waals surface area contributed by atoms with Crippen LogP contribution in [-0.4, -0.2) is 42.3 Å². The molecular weight excluding hydrogens is 396 g/mol. The summed E-state index contributed by atoms with van der Waals surface area (Å²) in [6.45, 7) is 0.578. The molecule has 3 N–H and O–H groups in total. The maximum atomic E-state index is 12.4. The summed E-state index contributed by atoms with van der Waals surface area (Å²) >= 11 is 0.